The predicted octanol–water partition coefficient (Wildman–Crippen LogP) is 1.65. The Labute approximate surface area is 135 Å². The van der Waals surface area contributed by atoms with Crippen molar-refractivity contribution in [2.45, 2.75) is 44.8 Å². The van der Waals surface area contributed by atoms with E-state index in [2.05, 4.69) is 23.9 Å². The van der Waals surface area contributed by atoms with Gasteiger partial charge >= 0.3 is 0 Å². The predicted molar refractivity (Wildman–Crippen MR) is 86.7 cm³/mol. The summed E-state index contributed by atoms with van der Waals surface area (Å²) in [5.74, 6) is 0.466. The number of aliphatic hydroxyl groups is 1. The van der Waals surface area contributed by atoms with Crippen molar-refractivity contribution >= 4 is 17.2 Å². The van der Waals surface area contributed by atoms with Crippen molar-refractivity contribution in [2.24, 2.45) is 5.92 Å². The summed E-state index contributed by atoms with van der Waals surface area (Å²) >= 11 is 1.70. The molecule has 1 atom stereocenters. The minimum atomic E-state index is -1.04. The normalized spacial score (nSPS) is 23.8. The second kappa shape index (κ2) is 6.26. The third-order valence-electron chi connectivity index (χ3n) is 4.98. The summed E-state index contributed by atoms with van der Waals surface area (Å²) in [4.78, 5) is 22.1. The number of thiazole rings is 1. The lowest BCUT2D eigenvalue weighted by atomic mass is 9.79. The molecule has 2 aliphatic rings. The van der Waals surface area contributed by atoms with Gasteiger partial charge in [-0.2, -0.15) is 0 Å². The van der Waals surface area contributed by atoms with Gasteiger partial charge in [-0.05, 0) is 45.6 Å². The molecule has 1 amide bonds. The van der Waals surface area contributed by atoms with Gasteiger partial charge in [-0.25, -0.2) is 4.98 Å². The number of likely N-dealkylation sites (tertiary alicyclic amines) is 1. The van der Waals surface area contributed by atoms with Crippen LogP contribution in [0.2, 0.25) is 0 Å². The minimum Gasteiger partial charge on any atom is -0.380 e. The SMILES string of the molecule is Cc1ncsc1CN(C)C[C@H]1CCN(C(=O)C2(O)CCC2)C1. The van der Waals surface area contributed by atoms with Crippen LogP contribution in [-0.4, -0.2) is 58.1 Å². The fourth-order valence-electron chi connectivity index (χ4n) is 3.41. The van der Waals surface area contributed by atoms with Gasteiger partial charge in [0.25, 0.3) is 5.91 Å². The number of carbonyl (C=O) groups is 1. The Bertz CT molecular complexity index is 541. The first-order chi connectivity index (χ1) is 10.5. The zero-order valence-electron chi connectivity index (χ0n) is 13.4. The lowest BCUT2D eigenvalue weighted by Crippen LogP contribution is -2.52. The number of carbonyl (C=O) groups excluding carboxylic acids is 1. The highest BCUT2D eigenvalue weighted by molar-refractivity contribution is 7.09. The van der Waals surface area contributed by atoms with Crippen LogP contribution in [0.25, 0.3) is 0 Å². The molecule has 2 fully saturated rings. The molecule has 0 aromatic carbocycles. The van der Waals surface area contributed by atoms with Crippen molar-refractivity contribution in [1.29, 1.82) is 0 Å². The molecule has 1 aromatic heterocycles. The summed E-state index contributed by atoms with van der Waals surface area (Å²) in [6.07, 6.45) is 3.28. The number of aromatic nitrogens is 1. The maximum Gasteiger partial charge on any atom is 0.254 e. The molecule has 6 heteroatoms. The van der Waals surface area contributed by atoms with Crippen molar-refractivity contribution in [1.82, 2.24) is 14.8 Å². The zero-order chi connectivity index (χ0) is 15.7. The lowest BCUT2D eigenvalue weighted by molar-refractivity contribution is -0.159. The molecule has 1 aromatic rings. The van der Waals surface area contributed by atoms with Crippen molar-refractivity contribution in [3.05, 3.63) is 16.1 Å². The molecule has 1 N–H and O–H groups in total. The standard InChI is InChI=1S/C16H25N3O2S/c1-12-14(22-11-17-12)10-18(2)8-13-4-7-19(9-13)15(20)16(21)5-3-6-16/h11,13,21H,3-10H2,1-2H3/t13-/m1/s1. The van der Waals surface area contributed by atoms with Crippen LogP contribution in [0, 0.1) is 12.8 Å². The van der Waals surface area contributed by atoms with E-state index >= 15 is 0 Å². The van der Waals surface area contributed by atoms with Gasteiger partial charge in [-0.3, -0.25) is 4.79 Å². The van der Waals surface area contributed by atoms with Gasteiger partial charge in [0.1, 0.15) is 5.60 Å². The van der Waals surface area contributed by atoms with Crippen molar-refractivity contribution in [3.8, 4) is 0 Å². The monoisotopic (exact) mass is 323 g/mol. The van der Waals surface area contributed by atoms with Gasteiger partial charge in [0, 0.05) is 31.1 Å². The first kappa shape index (κ1) is 15.9. The highest BCUT2D eigenvalue weighted by atomic mass is 32.1. The fourth-order valence-corrected chi connectivity index (χ4v) is 4.27. The molecule has 0 radical (unpaired) electrons. The number of amides is 1. The summed E-state index contributed by atoms with van der Waals surface area (Å²) in [6.45, 7) is 5.53. The zero-order valence-corrected chi connectivity index (χ0v) is 14.2. The number of rotatable bonds is 5. The summed E-state index contributed by atoms with van der Waals surface area (Å²) in [5, 5.41) is 10.2. The molecule has 0 bridgehead atoms. The van der Waals surface area contributed by atoms with E-state index in [0.717, 1.165) is 44.7 Å². The Morgan fingerprint density at radius 1 is 1.59 bits per heavy atom. The molecule has 0 unspecified atom stereocenters. The van der Waals surface area contributed by atoms with Crippen LogP contribution >= 0.6 is 11.3 Å². The molecule has 2 heterocycles. The minimum absolute atomic E-state index is 0.0396. The highest BCUT2D eigenvalue weighted by Crippen LogP contribution is 2.34. The van der Waals surface area contributed by atoms with Crippen molar-refractivity contribution in [2.75, 3.05) is 26.7 Å². The van der Waals surface area contributed by atoms with Gasteiger partial charge < -0.3 is 14.9 Å². The van der Waals surface area contributed by atoms with Gasteiger partial charge in [-0.1, -0.05) is 0 Å². The number of aryl methyl sites for hydroxylation is 1. The summed E-state index contributed by atoms with van der Waals surface area (Å²) in [5.41, 5.74) is 1.97. The van der Waals surface area contributed by atoms with Crippen LogP contribution in [-0.2, 0) is 11.3 Å². The van der Waals surface area contributed by atoms with Crippen molar-refractivity contribution < 1.29 is 9.90 Å². The summed E-state index contributed by atoms with van der Waals surface area (Å²) in [6, 6.07) is 0. The second-order valence-corrected chi connectivity index (χ2v) is 7.79. The fraction of sp³-hybridized carbons (Fsp3) is 0.750. The third-order valence-corrected chi connectivity index (χ3v) is 5.90. The molecule has 0 spiro atoms. The Morgan fingerprint density at radius 3 is 2.95 bits per heavy atom. The topological polar surface area (TPSA) is 56.7 Å². The van der Waals surface area contributed by atoms with Crippen LogP contribution < -0.4 is 0 Å². The quantitative estimate of drug-likeness (QED) is 0.895. The number of hydrogen-bond acceptors (Lipinski definition) is 5. The summed E-state index contributed by atoms with van der Waals surface area (Å²) < 4.78 is 0. The maximum atomic E-state index is 12.3. The number of nitrogens with zero attached hydrogens (tertiary/aromatic N) is 3. The summed E-state index contributed by atoms with van der Waals surface area (Å²) in [7, 11) is 2.13. The van der Waals surface area contributed by atoms with Crippen LogP contribution in [0.15, 0.2) is 5.51 Å². The van der Waals surface area contributed by atoms with E-state index in [1.165, 1.54) is 4.88 Å². The molecular weight excluding hydrogens is 298 g/mol. The van der Waals surface area contributed by atoms with E-state index in [0.29, 0.717) is 18.8 Å². The van der Waals surface area contributed by atoms with Crippen LogP contribution in [0.1, 0.15) is 36.3 Å². The van der Waals surface area contributed by atoms with Gasteiger partial charge in [0.2, 0.25) is 0 Å². The Morgan fingerprint density at radius 2 is 2.36 bits per heavy atom. The van der Waals surface area contributed by atoms with Crippen LogP contribution in [0.3, 0.4) is 0 Å². The van der Waals surface area contributed by atoms with E-state index in [1.807, 2.05) is 10.4 Å². The molecule has 22 heavy (non-hydrogen) atoms. The first-order valence-electron chi connectivity index (χ1n) is 8.07. The van der Waals surface area contributed by atoms with E-state index in [4.69, 9.17) is 0 Å². The first-order valence-corrected chi connectivity index (χ1v) is 8.95. The molecule has 122 valence electrons. The van der Waals surface area contributed by atoms with Gasteiger partial charge in [0.05, 0.1) is 11.2 Å². The number of hydrogen-bond donors (Lipinski definition) is 1. The van der Waals surface area contributed by atoms with E-state index < -0.39 is 5.60 Å². The van der Waals surface area contributed by atoms with Gasteiger partial charge in [0.15, 0.2) is 0 Å². The smallest absolute Gasteiger partial charge is 0.254 e. The highest BCUT2D eigenvalue weighted by Gasteiger charge is 2.45. The Kier molecular flexibility index (Phi) is 4.52. The van der Waals surface area contributed by atoms with E-state index in [-0.39, 0.29) is 5.91 Å². The third kappa shape index (κ3) is 3.19. The molecule has 1 aliphatic carbocycles. The second-order valence-electron chi connectivity index (χ2n) is 6.85. The van der Waals surface area contributed by atoms with E-state index in [1.54, 1.807) is 11.3 Å². The average molecular weight is 323 g/mol. The van der Waals surface area contributed by atoms with Crippen LogP contribution in [0.4, 0.5) is 0 Å². The maximum absolute atomic E-state index is 12.3. The molecule has 5 nitrogen and oxygen atoms in total. The Hall–Kier alpha value is -0.980. The average Bonchev–Trinajstić information content (AvgIpc) is 3.05. The van der Waals surface area contributed by atoms with E-state index in [9.17, 15) is 9.90 Å². The lowest BCUT2D eigenvalue weighted by Gasteiger charge is -2.38. The van der Waals surface area contributed by atoms with Gasteiger partial charge in [-0.15, -0.1) is 11.3 Å². The molecule has 1 saturated carbocycles. The van der Waals surface area contributed by atoms with Crippen molar-refractivity contribution in [3.63, 3.8) is 0 Å². The molecular formula is C16H25N3O2S. The largest absolute Gasteiger partial charge is 0.380 e. The molecule has 1 aliphatic heterocycles. The Balaban J connectivity index is 1.48. The molecule has 3 rings (SSSR count). The molecule has 1 saturated heterocycles. The van der Waals surface area contributed by atoms with Crippen LogP contribution in [0.5, 0.6) is 0 Å².